The Bertz CT molecular complexity index is 2320. The zero-order chi connectivity index (χ0) is 28.3. The monoisotopic (exact) mass is 546 g/mol. The van der Waals surface area contributed by atoms with E-state index in [2.05, 4.69) is 150 Å². The molecule has 2 nitrogen and oxygen atoms in total. The fourth-order valence-electron chi connectivity index (χ4n) is 6.96. The molecule has 0 radical (unpaired) electrons. The molecular weight excluding hydrogens is 520 g/mol. The Balaban J connectivity index is 1.28. The molecule has 8 aromatic rings. The van der Waals surface area contributed by atoms with Crippen LogP contribution in [0.25, 0.3) is 65.8 Å². The number of anilines is 3. The van der Waals surface area contributed by atoms with Gasteiger partial charge in [0.05, 0.1) is 11.2 Å². The minimum Gasteiger partial charge on any atom is -0.310 e. The van der Waals surface area contributed by atoms with Gasteiger partial charge in [-0.2, -0.15) is 0 Å². The summed E-state index contributed by atoms with van der Waals surface area (Å²) in [6.45, 7) is 0. The smallest absolute Gasteiger partial charge is 0.0781 e. The van der Waals surface area contributed by atoms with E-state index in [9.17, 15) is 0 Å². The van der Waals surface area contributed by atoms with Crippen molar-refractivity contribution < 1.29 is 0 Å². The molecule has 0 saturated heterocycles. The van der Waals surface area contributed by atoms with Crippen molar-refractivity contribution in [1.82, 2.24) is 4.98 Å². The second-order valence-corrected chi connectivity index (χ2v) is 11.2. The number of nitrogens with zero attached hydrogens (tertiary/aromatic N) is 2. The van der Waals surface area contributed by atoms with Crippen molar-refractivity contribution >= 4 is 49.5 Å². The highest BCUT2D eigenvalue weighted by atomic mass is 15.1. The molecule has 0 amide bonds. The van der Waals surface area contributed by atoms with E-state index in [0.717, 1.165) is 33.4 Å². The normalized spacial score (nSPS) is 11.7. The first kappa shape index (κ1) is 23.9. The summed E-state index contributed by atoms with van der Waals surface area (Å²) in [4.78, 5) is 7.14. The number of para-hydroxylation sites is 1. The summed E-state index contributed by atoms with van der Waals surface area (Å²) in [5.41, 5.74) is 12.1. The van der Waals surface area contributed by atoms with E-state index < -0.39 is 0 Å². The van der Waals surface area contributed by atoms with Gasteiger partial charge in [0.2, 0.25) is 0 Å². The fourth-order valence-corrected chi connectivity index (χ4v) is 6.96. The Morgan fingerprint density at radius 2 is 1.07 bits per heavy atom. The summed E-state index contributed by atoms with van der Waals surface area (Å²) < 4.78 is 0. The number of aromatic nitrogens is 1. The SMILES string of the molecule is c1ccc(N(c2cccc(-c3ccc4c5c(cccc35)-c3ccccc3-4)c2)c2cc3cccnc3c3ccccc23)cc1. The Morgan fingerprint density at radius 3 is 1.93 bits per heavy atom. The van der Waals surface area contributed by atoms with Crippen LogP contribution in [0.4, 0.5) is 17.1 Å². The van der Waals surface area contributed by atoms with Crippen LogP contribution in [0.2, 0.25) is 0 Å². The average molecular weight is 547 g/mol. The lowest BCUT2D eigenvalue weighted by Gasteiger charge is -2.28. The lowest BCUT2D eigenvalue weighted by molar-refractivity contribution is 1.30. The van der Waals surface area contributed by atoms with Crippen molar-refractivity contribution in [2.75, 3.05) is 4.90 Å². The van der Waals surface area contributed by atoms with Crippen LogP contribution in [0.5, 0.6) is 0 Å². The van der Waals surface area contributed by atoms with Gasteiger partial charge in [-0.1, -0.05) is 115 Å². The molecule has 1 aliphatic rings. The molecule has 1 heterocycles. The third-order valence-electron chi connectivity index (χ3n) is 8.81. The lowest BCUT2D eigenvalue weighted by Crippen LogP contribution is -2.10. The summed E-state index contributed by atoms with van der Waals surface area (Å²) in [5, 5.41) is 6.09. The maximum atomic E-state index is 4.75. The fraction of sp³-hybridized carbons (Fsp3) is 0. The van der Waals surface area contributed by atoms with E-state index >= 15 is 0 Å². The molecule has 1 aliphatic carbocycles. The Morgan fingerprint density at radius 1 is 0.419 bits per heavy atom. The number of hydrogen-bond donors (Lipinski definition) is 0. The number of benzene rings is 7. The standard InChI is InChI=1S/C41H26N2/c1-2-13-29(14-3-1)43(39-26-28-12-10-24-42-41(28)38-19-7-6-18-34(38)39)30-15-8-11-27(25-30)31-22-23-37-33-17-5-4-16-32(33)36-21-9-20-35(31)40(36)37/h1-26H. The third-order valence-corrected chi connectivity index (χ3v) is 8.81. The van der Waals surface area contributed by atoms with Crippen LogP contribution in [0.1, 0.15) is 0 Å². The summed E-state index contributed by atoms with van der Waals surface area (Å²) in [6, 6.07) is 54.8. The second-order valence-electron chi connectivity index (χ2n) is 11.2. The van der Waals surface area contributed by atoms with Crippen LogP contribution in [-0.4, -0.2) is 4.98 Å². The maximum Gasteiger partial charge on any atom is 0.0781 e. The Kier molecular flexibility index (Phi) is 5.23. The second kappa shape index (κ2) is 9.40. The molecule has 200 valence electrons. The van der Waals surface area contributed by atoms with Crippen LogP contribution < -0.4 is 4.90 Å². The Labute approximate surface area is 250 Å². The molecular formula is C41H26N2. The molecule has 0 spiro atoms. The van der Waals surface area contributed by atoms with Crippen LogP contribution >= 0.6 is 0 Å². The first-order valence-electron chi connectivity index (χ1n) is 14.7. The van der Waals surface area contributed by atoms with Gasteiger partial charge in [-0.25, -0.2) is 0 Å². The van der Waals surface area contributed by atoms with E-state index in [-0.39, 0.29) is 0 Å². The Hall–Kier alpha value is -5.73. The van der Waals surface area contributed by atoms with Crippen LogP contribution in [-0.2, 0) is 0 Å². The summed E-state index contributed by atoms with van der Waals surface area (Å²) in [6.07, 6.45) is 1.88. The number of fused-ring (bicyclic) bond motifs is 6. The van der Waals surface area contributed by atoms with Crippen molar-refractivity contribution in [3.8, 4) is 33.4 Å². The minimum atomic E-state index is 1.03. The predicted molar refractivity (Wildman–Crippen MR) is 181 cm³/mol. The van der Waals surface area contributed by atoms with Gasteiger partial charge in [-0.05, 0) is 80.6 Å². The minimum absolute atomic E-state index is 1.03. The molecule has 0 aliphatic heterocycles. The zero-order valence-corrected chi connectivity index (χ0v) is 23.4. The number of rotatable bonds is 4. The van der Waals surface area contributed by atoms with Crippen molar-refractivity contribution in [1.29, 1.82) is 0 Å². The van der Waals surface area contributed by atoms with Crippen LogP contribution in [0.15, 0.2) is 158 Å². The molecule has 9 rings (SSSR count). The predicted octanol–water partition coefficient (Wildman–Crippen LogP) is 11.3. The highest BCUT2D eigenvalue weighted by Crippen LogP contribution is 2.49. The van der Waals surface area contributed by atoms with Gasteiger partial charge in [0, 0.05) is 33.7 Å². The molecule has 0 N–H and O–H groups in total. The van der Waals surface area contributed by atoms with Gasteiger partial charge >= 0.3 is 0 Å². The van der Waals surface area contributed by atoms with Crippen molar-refractivity contribution in [3.05, 3.63) is 158 Å². The van der Waals surface area contributed by atoms with E-state index in [1.165, 1.54) is 49.5 Å². The van der Waals surface area contributed by atoms with Gasteiger partial charge in [0.25, 0.3) is 0 Å². The van der Waals surface area contributed by atoms with Gasteiger partial charge < -0.3 is 4.90 Å². The van der Waals surface area contributed by atoms with Crippen molar-refractivity contribution in [2.45, 2.75) is 0 Å². The molecule has 2 heteroatoms. The first-order chi connectivity index (χ1) is 21.3. The largest absolute Gasteiger partial charge is 0.310 e. The molecule has 43 heavy (non-hydrogen) atoms. The lowest BCUT2D eigenvalue weighted by atomic mass is 9.94. The first-order valence-corrected chi connectivity index (χ1v) is 14.7. The highest BCUT2D eigenvalue weighted by Gasteiger charge is 2.23. The quantitative estimate of drug-likeness (QED) is 0.204. The average Bonchev–Trinajstić information content (AvgIpc) is 3.41. The molecule has 0 unspecified atom stereocenters. The third kappa shape index (κ3) is 3.63. The van der Waals surface area contributed by atoms with Gasteiger partial charge in [-0.3, -0.25) is 4.98 Å². The molecule has 1 aromatic heterocycles. The van der Waals surface area contributed by atoms with Crippen molar-refractivity contribution in [3.63, 3.8) is 0 Å². The van der Waals surface area contributed by atoms with Gasteiger partial charge in [0.15, 0.2) is 0 Å². The molecule has 0 atom stereocenters. The van der Waals surface area contributed by atoms with Crippen LogP contribution in [0.3, 0.4) is 0 Å². The van der Waals surface area contributed by atoms with E-state index in [1.54, 1.807) is 0 Å². The number of pyridine rings is 1. The van der Waals surface area contributed by atoms with E-state index in [4.69, 9.17) is 4.98 Å². The molecule has 7 aromatic carbocycles. The maximum absolute atomic E-state index is 4.75. The highest BCUT2D eigenvalue weighted by molar-refractivity contribution is 6.19. The molecule has 0 bridgehead atoms. The number of hydrogen-bond acceptors (Lipinski definition) is 2. The summed E-state index contributed by atoms with van der Waals surface area (Å²) in [5.74, 6) is 0. The van der Waals surface area contributed by atoms with Crippen LogP contribution in [0, 0.1) is 0 Å². The van der Waals surface area contributed by atoms with Crippen molar-refractivity contribution in [2.24, 2.45) is 0 Å². The summed E-state index contributed by atoms with van der Waals surface area (Å²) >= 11 is 0. The summed E-state index contributed by atoms with van der Waals surface area (Å²) in [7, 11) is 0. The topological polar surface area (TPSA) is 16.1 Å². The molecule has 0 fully saturated rings. The van der Waals surface area contributed by atoms with E-state index in [1.807, 2.05) is 12.3 Å². The van der Waals surface area contributed by atoms with Gasteiger partial charge in [-0.15, -0.1) is 0 Å². The van der Waals surface area contributed by atoms with E-state index in [0.29, 0.717) is 0 Å². The zero-order valence-electron chi connectivity index (χ0n) is 23.4. The molecule has 0 saturated carbocycles. The van der Waals surface area contributed by atoms with Gasteiger partial charge in [0.1, 0.15) is 0 Å².